The van der Waals surface area contributed by atoms with E-state index in [1.165, 1.54) is 0 Å². The van der Waals surface area contributed by atoms with Crippen molar-refractivity contribution in [1.29, 1.82) is 0 Å². The van der Waals surface area contributed by atoms with Crippen molar-refractivity contribution in [2.45, 2.75) is 6.61 Å². The van der Waals surface area contributed by atoms with Crippen LogP contribution >= 0.6 is 0 Å². The van der Waals surface area contributed by atoms with Crippen LogP contribution in [0.25, 0.3) is 0 Å². The molecule has 0 fully saturated rings. The zero-order chi connectivity index (χ0) is 12.3. The Labute approximate surface area is 95.2 Å². The molecule has 17 heavy (non-hydrogen) atoms. The van der Waals surface area contributed by atoms with Crippen LogP contribution in [0.5, 0.6) is 0 Å². The van der Waals surface area contributed by atoms with Gasteiger partial charge in [-0.2, -0.15) is 0 Å². The van der Waals surface area contributed by atoms with Crippen LogP contribution in [0, 0.1) is 0 Å². The smallest absolute Gasteiger partial charge is 0.392 e. The molecule has 5 nitrogen and oxygen atoms in total. The minimum atomic E-state index is -1.16. The van der Waals surface area contributed by atoms with E-state index >= 15 is 0 Å². The number of rotatable bonds is 3. The molecule has 88 valence electrons. The van der Waals surface area contributed by atoms with Crippen LogP contribution in [-0.2, 0) is 6.61 Å². The largest absolute Gasteiger partial charge is 0.405 e. The summed E-state index contributed by atoms with van der Waals surface area (Å²) < 4.78 is 13.6. The van der Waals surface area contributed by atoms with Gasteiger partial charge in [0.1, 0.15) is 6.61 Å². The number of hydrogen-bond donors (Lipinski definition) is 0. The van der Waals surface area contributed by atoms with Crippen molar-refractivity contribution in [3.8, 4) is 0 Å². The van der Waals surface area contributed by atoms with E-state index in [0.29, 0.717) is 4.73 Å². The van der Waals surface area contributed by atoms with Gasteiger partial charge in [0.15, 0.2) is 0 Å². The molecule has 0 saturated carbocycles. The maximum Gasteiger partial charge on any atom is 0.392 e. The fourth-order valence-electron chi connectivity index (χ4n) is 1.26. The minimum absolute atomic E-state index is 0.110. The summed E-state index contributed by atoms with van der Waals surface area (Å²) in [6.45, 7) is 0.110. The Morgan fingerprint density at radius 3 is 2.53 bits per heavy atom. The van der Waals surface area contributed by atoms with Gasteiger partial charge >= 0.3 is 5.69 Å². The zero-order valence-corrected chi connectivity index (χ0v) is 8.75. The lowest BCUT2D eigenvalue weighted by Crippen LogP contribution is -2.37. The Morgan fingerprint density at radius 2 is 1.82 bits per heavy atom. The standard InChI is InChI=1S/C11H9FN2O3/c12-14-10(15)6-7-13(11(14)16)17-8-9-4-2-1-3-5-9/h1-7H,8H2. The van der Waals surface area contributed by atoms with Gasteiger partial charge < -0.3 is 4.84 Å². The van der Waals surface area contributed by atoms with Crippen LogP contribution in [0.2, 0.25) is 0 Å². The molecular formula is C11H9FN2O3. The number of halogens is 1. The first-order chi connectivity index (χ1) is 8.18. The lowest BCUT2D eigenvalue weighted by molar-refractivity contribution is 0.0741. The summed E-state index contributed by atoms with van der Waals surface area (Å²) in [5.74, 6) is 0. The van der Waals surface area contributed by atoms with Crippen molar-refractivity contribution in [3.05, 3.63) is 69.0 Å². The summed E-state index contributed by atoms with van der Waals surface area (Å²) in [5.41, 5.74) is -1.35. The van der Waals surface area contributed by atoms with Gasteiger partial charge in [0.25, 0.3) is 5.56 Å². The van der Waals surface area contributed by atoms with E-state index in [1.807, 2.05) is 18.2 Å². The summed E-state index contributed by atoms with van der Waals surface area (Å²) in [5, 5.41) is 0. The summed E-state index contributed by atoms with van der Waals surface area (Å²) in [6, 6.07) is 9.99. The number of aromatic nitrogens is 2. The maximum atomic E-state index is 12.9. The maximum absolute atomic E-state index is 12.9. The van der Waals surface area contributed by atoms with E-state index in [9.17, 15) is 14.1 Å². The van der Waals surface area contributed by atoms with Crippen LogP contribution in [0.3, 0.4) is 0 Å². The van der Waals surface area contributed by atoms with Crippen molar-refractivity contribution in [2.24, 2.45) is 0 Å². The van der Waals surface area contributed by atoms with Crippen LogP contribution in [-0.4, -0.2) is 9.52 Å². The molecular weight excluding hydrogens is 227 g/mol. The molecule has 0 atom stereocenters. The van der Waals surface area contributed by atoms with Crippen LogP contribution in [0.15, 0.2) is 52.2 Å². The van der Waals surface area contributed by atoms with Crippen molar-refractivity contribution >= 4 is 0 Å². The molecule has 0 aliphatic rings. The topological polar surface area (TPSA) is 53.2 Å². The number of nitrogens with zero attached hydrogens (tertiary/aromatic N) is 2. The van der Waals surface area contributed by atoms with Crippen molar-refractivity contribution < 1.29 is 9.32 Å². The lowest BCUT2D eigenvalue weighted by atomic mass is 10.2. The SMILES string of the molecule is O=c1ccn(OCc2ccccc2)c(=O)n1F. The molecule has 1 aromatic carbocycles. The van der Waals surface area contributed by atoms with Gasteiger partial charge in [-0.1, -0.05) is 39.6 Å². The second kappa shape index (κ2) is 4.65. The highest BCUT2D eigenvalue weighted by molar-refractivity contribution is 5.13. The molecule has 1 heterocycles. The second-order valence-electron chi connectivity index (χ2n) is 3.30. The quantitative estimate of drug-likeness (QED) is 0.773. The Hall–Kier alpha value is -2.37. The molecule has 0 unspecified atom stereocenters. The van der Waals surface area contributed by atoms with Gasteiger partial charge in [0.05, 0.1) is 6.20 Å². The van der Waals surface area contributed by atoms with Gasteiger partial charge in [-0.15, -0.1) is 4.73 Å². The van der Waals surface area contributed by atoms with Gasteiger partial charge in [-0.05, 0) is 5.56 Å². The number of benzene rings is 1. The predicted molar refractivity (Wildman–Crippen MR) is 58.2 cm³/mol. The number of hydrogen-bond acceptors (Lipinski definition) is 3. The average molecular weight is 236 g/mol. The van der Waals surface area contributed by atoms with E-state index in [-0.39, 0.29) is 6.61 Å². The van der Waals surface area contributed by atoms with E-state index in [4.69, 9.17) is 4.84 Å². The van der Waals surface area contributed by atoms with E-state index < -0.39 is 16.0 Å². The van der Waals surface area contributed by atoms with Crippen molar-refractivity contribution in [3.63, 3.8) is 0 Å². The first-order valence-electron chi connectivity index (χ1n) is 4.86. The third-order valence-electron chi connectivity index (χ3n) is 2.12. The fraction of sp³-hybridized carbons (Fsp3) is 0.0909. The average Bonchev–Trinajstić information content (AvgIpc) is 2.36. The highest BCUT2D eigenvalue weighted by atomic mass is 19.2. The monoisotopic (exact) mass is 236 g/mol. The second-order valence-corrected chi connectivity index (χ2v) is 3.30. The molecule has 2 aromatic rings. The molecule has 0 saturated heterocycles. The molecule has 0 bridgehead atoms. The minimum Gasteiger partial charge on any atom is -0.405 e. The highest BCUT2D eigenvalue weighted by Crippen LogP contribution is 1.97. The first-order valence-corrected chi connectivity index (χ1v) is 4.86. The third-order valence-corrected chi connectivity index (χ3v) is 2.12. The first kappa shape index (κ1) is 11.1. The highest BCUT2D eigenvalue weighted by Gasteiger charge is 2.04. The summed E-state index contributed by atoms with van der Waals surface area (Å²) in [7, 11) is 0. The predicted octanol–water partition coefficient (Wildman–Crippen LogP) is 0.371. The Morgan fingerprint density at radius 1 is 1.12 bits per heavy atom. The Kier molecular flexibility index (Phi) is 3.04. The van der Waals surface area contributed by atoms with Gasteiger partial charge in [-0.25, -0.2) is 4.79 Å². The molecule has 0 aliphatic heterocycles. The van der Waals surface area contributed by atoms with Crippen molar-refractivity contribution in [1.82, 2.24) is 9.52 Å². The molecule has 0 spiro atoms. The van der Waals surface area contributed by atoms with E-state index in [2.05, 4.69) is 0 Å². The van der Waals surface area contributed by atoms with Gasteiger partial charge in [-0.3, -0.25) is 4.79 Å². The molecule has 2 rings (SSSR count). The summed E-state index contributed by atoms with van der Waals surface area (Å²) in [6.07, 6.45) is 1.09. The molecule has 0 amide bonds. The van der Waals surface area contributed by atoms with Crippen LogP contribution in [0.1, 0.15) is 5.56 Å². The Bertz CT molecular complexity index is 619. The molecule has 0 aliphatic carbocycles. The Balaban J connectivity index is 2.18. The van der Waals surface area contributed by atoms with Crippen molar-refractivity contribution in [2.75, 3.05) is 0 Å². The molecule has 0 radical (unpaired) electrons. The lowest BCUT2D eigenvalue weighted by Gasteiger charge is -2.07. The normalized spacial score (nSPS) is 10.2. The van der Waals surface area contributed by atoms with Gasteiger partial charge in [0.2, 0.25) is 0 Å². The molecule has 6 heteroatoms. The summed E-state index contributed by atoms with van der Waals surface area (Å²) >= 11 is 0. The fourth-order valence-corrected chi connectivity index (χ4v) is 1.26. The molecule has 0 N–H and O–H groups in total. The van der Waals surface area contributed by atoms with Crippen LogP contribution < -0.4 is 16.1 Å². The van der Waals surface area contributed by atoms with E-state index in [1.54, 1.807) is 12.1 Å². The third kappa shape index (κ3) is 2.41. The zero-order valence-electron chi connectivity index (χ0n) is 8.75. The summed E-state index contributed by atoms with van der Waals surface area (Å²) in [4.78, 5) is 26.6. The van der Waals surface area contributed by atoms with Gasteiger partial charge in [0, 0.05) is 6.07 Å². The van der Waals surface area contributed by atoms with E-state index in [0.717, 1.165) is 17.8 Å². The van der Waals surface area contributed by atoms with Crippen LogP contribution in [0.4, 0.5) is 4.48 Å². The molecule has 1 aromatic heterocycles.